The number of dihydropyridines is 1. The molecular weight excluding hydrogens is 444 g/mol. The predicted octanol–water partition coefficient (Wildman–Crippen LogP) is 4.07. The molecule has 8 nitrogen and oxygen atoms in total. The van der Waals surface area contributed by atoms with E-state index in [-0.39, 0.29) is 28.5 Å². The van der Waals surface area contributed by atoms with E-state index in [0.29, 0.717) is 41.8 Å². The summed E-state index contributed by atoms with van der Waals surface area (Å²) in [5.41, 5.74) is 2.00. The van der Waals surface area contributed by atoms with E-state index >= 15 is 0 Å². The molecule has 0 aliphatic carbocycles. The van der Waals surface area contributed by atoms with E-state index in [9.17, 15) is 23.3 Å². The Morgan fingerprint density at radius 3 is 2.61 bits per heavy atom. The Kier molecular flexibility index (Phi) is 6.33. The number of hydrogen-bond acceptors (Lipinski definition) is 7. The lowest BCUT2D eigenvalue weighted by Crippen LogP contribution is -2.32. The van der Waals surface area contributed by atoms with E-state index in [4.69, 9.17) is 4.74 Å². The van der Waals surface area contributed by atoms with Crippen molar-refractivity contribution in [1.29, 1.82) is 0 Å². The van der Waals surface area contributed by atoms with Crippen LogP contribution in [-0.2, 0) is 19.4 Å². The Balaban J connectivity index is 2.05. The van der Waals surface area contributed by atoms with E-state index in [2.05, 4.69) is 5.32 Å². The molecule has 1 unspecified atom stereocenters. The van der Waals surface area contributed by atoms with Crippen molar-refractivity contribution in [3.8, 4) is 0 Å². The maximum absolute atomic E-state index is 13.4. The summed E-state index contributed by atoms with van der Waals surface area (Å²) in [6.45, 7) is 1.77. The lowest BCUT2D eigenvalue weighted by atomic mass is 9.83. The van der Waals surface area contributed by atoms with Crippen LogP contribution in [0.3, 0.4) is 0 Å². The fourth-order valence-electron chi connectivity index (χ4n) is 4.38. The standard InChI is InChI=1S/C24H24N2O6S/c1-2-32-24(27)21-20(17-11-8-12-18(15-17)26(28)29)23-19(13-6-7-14-33(23,30)31)25-22(21)16-9-4-3-5-10-16/h3-5,8-12,15,20,25H,2,6-7,13-14H2,1H3. The molecule has 4 rings (SSSR count). The van der Waals surface area contributed by atoms with Gasteiger partial charge < -0.3 is 10.1 Å². The fourth-order valence-corrected chi connectivity index (χ4v) is 6.33. The number of rotatable bonds is 5. The number of benzene rings is 2. The molecule has 2 aliphatic heterocycles. The van der Waals surface area contributed by atoms with Crippen molar-refractivity contribution in [3.05, 3.63) is 92.0 Å². The van der Waals surface area contributed by atoms with Crippen molar-refractivity contribution in [2.24, 2.45) is 0 Å². The van der Waals surface area contributed by atoms with Crippen LogP contribution >= 0.6 is 0 Å². The van der Waals surface area contributed by atoms with E-state index in [0.717, 1.165) is 0 Å². The number of carbonyl (C=O) groups excluding carboxylic acids is 1. The zero-order valence-corrected chi connectivity index (χ0v) is 18.9. The van der Waals surface area contributed by atoms with Gasteiger partial charge in [-0.3, -0.25) is 10.1 Å². The molecule has 0 fully saturated rings. The van der Waals surface area contributed by atoms with Gasteiger partial charge in [-0.05, 0) is 37.3 Å². The number of carbonyl (C=O) groups is 1. The molecule has 172 valence electrons. The quantitative estimate of drug-likeness (QED) is 0.399. The van der Waals surface area contributed by atoms with E-state index in [1.807, 2.05) is 30.3 Å². The number of nitrogens with zero attached hydrogens (tertiary/aromatic N) is 1. The zero-order chi connectivity index (χ0) is 23.6. The van der Waals surface area contributed by atoms with Gasteiger partial charge in [0.05, 0.1) is 39.4 Å². The van der Waals surface area contributed by atoms with Crippen LogP contribution in [-0.4, -0.2) is 31.7 Å². The van der Waals surface area contributed by atoms with Gasteiger partial charge in [-0.25, -0.2) is 13.2 Å². The highest BCUT2D eigenvalue weighted by atomic mass is 32.2. The summed E-state index contributed by atoms with van der Waals surface area (Å²) in [6, 6.07) is 14.9. The first-order chi connectivity index (χ1) is 15.8. The van der Waals surface area contributed by atoms with Crippen molar-refractivity contribution >= 4 is 27.2 Å². The highest BCUT2D eigenvalue weighted by molar-refractivity contribution is 7.95. The largest absolute Gasteiger partial charge is 0.463 e. The molecule has 0 spiro atoms. The predicted molar refractivity (Wildman–Crippen MR) is 124 cm³/mol. The highest BCUT2D eigenvalue weighted by Crippen LogP contribution is 2.46. The third-order valence-corrected chi connectivity index (χ3v) is 7.77. The van der Waals surface area contributed by atoms with Crippen molar-refractivity contribution in [2.45, 2.75) is 32.1 Å². The number of hydrogen-bond donors (Lipinski definition) is 1. The number of nitrogens with one attached hydrogen (secondary N) is 1. The molecule has 2 aromatic carbocycles. The molecular formula is C24H24N2O6S. The Labute approximate surface area is 192 Å². The monoisotopic (exact) mass is 468 g/mol. The number of non-ortho nitro benzene ring substituents is 1. The van der Waals surface area contributed by atoms with Crippen LogP contribution in [0.15, 0.2) is 70.8 Å². The number of ether oxygens (including phenoxy) is 1. The topological polar surface area (TPSA) is 116 Å². The summed E-state index contributed by atoms with van der Waals surface area (Å²) < 4.78 is 32.2. The van der Waals surface area contributed by atoms with Crippen LogP contribution in [0, 0.1) is 10.1 Å². The summed E-state index contributed by atoms with van der Waals surface area (Å²) in [5.74, 6) is -1.72. The van der Waals surface area contributed by atoms with E-state index < -0.39 is 26.6 Å². The van der Waals surface area contributed by atoms with Gasteiger partial charge in [0.15, 0.2) is 9.84 Å². The lowest BCUT2D eigenvalue weighted by molar-refractivity contribution is -0.384. The molecule has 0 bridgehead atoms. The van der Waals surface area contributed by atoms with Gasteiger partial charge in [0.1, 0.15) is 0 Å². The highest BCUT2D eigenvalue weighted by Gasteiger charge is 2.42. The molecule has 1 N–H and O–H groups in total. The van der Waals surface area contributed by atoms with Gasteiger partial charge in [-0.1, -0.05) is 42.5 Å². The molecule has 2 aromatic rings. The third-order valence-electron chi connectivity index (χ3n) is 5.79. The van der Waals surface area contributed by atoms with E-state index in [1.165, 1.54) is 18.2 Å². The number of allylic oxidation sites excluding steroid dienone is 2. The fraction of sp³-hybridized carbons (Fsp3) is 0.292. The molecule has 9 heteroatoms. The third kappa shape index (κ3) is 4.41. The smallest absolute Gasteiger partial charge is 0.337 e. The van der Waals surface area contributed by atoms with Crippen LogP contribution in [0.25, 0.3) is 5.70 Å². The van der Waals surface area contributed by atoms with Crippen molar-refractivity contribution in [2.75, 3.05) is 12.4 Å². The SMILES string of the molecule is CCOC(=O)C1=C(c2ccccc2)NC2=C(C1c1cccc([N+](=O)[O-])c1)S(=O)(=O)CCCC2. The number of nitro benzene ring substituents is 1. The molecule has 0 aromatic heterocycles. The normalized spacial score (nSPS) is 19.8. The summed E-state index contributed by atoms with van der Waals surface area (Å²) in [5, 5.41) is 14.7. The van der Waals surface area contributed by atoms with Crippen molar-refractivity contribution < 1.29 is 22.9 Å². The van der Waals surface area contributed by atoms with Crippen LogP contribution in [0.1, 0.15) is 43.2 Å². The second-order valence-corrected chi connectivity index (χ2v) is 9.98. The van der Waals surface area contributed by atoms with Crippen molar-refractivity contribution in [1.82, 2.24) is 5.32 Å². The molecule has 1 atom stereocenters. The number of sulfone groups is 1. The van der Waals surface area contributed by atoms with Crippen LogP contribution in [0.5, 0.6) is 0 Å². The first kappa shape index (κ1) is 22.7. The number of nitro groups is 1. The minimum Gasteiger partial charge on any atom is -0.463 e. The molecule has 0 saturated carbocycles. The zero-order valence-electron chi connectivity index (χ0n) is 18.1. The Bertz CT molecular complexity index is 1260. The first-order valence-corrected chi connectivity index (χ1v) is 12.4. The first-order valence-electron chi connectivity index (χ1n) is 10.8. The Morgan fingerprint density at radius 1 is 1.15 bits per heavy atom. The second kappa shape index (κ2) is 9.19. The minimum absolute atomic E-state index is 0.0459. The van der Waals surface area contributed by atoms with E-state index in [1.54, 1.807) is 13.0 Å². The Hall–Kier alpha value is -3.46. The molecule has 2 aliphatic rings. The molecule has 0 saturated heterocycles. The van der Waals surface area contributed by atoms with Gasteiger partial charge in [0.25, 0.3) is 5.69 Å². The average molecular weight is 469 g/mol. The summed E-state index contributed by atoms with van der Waals surface area (Å²) in [4.78, 5) is 24.3. The number of esters is 1. The second-order valence-electron chi connectivity index (χ2n) is 7.90. The van der Waals surface area contributed by atoms with Crippen LogP contribution < -0.4 is 5.32 Å². The van der Waals surface area contributed by atoms with Gasteiger partial charge in [-0.15, -0.1) is 0 Å². The van der Waals surface area contributed by atoms with Crippen LogP contribution in [0.4, 0.5) is 5.69 Å². The van der Waals surface area contributed by atoms with Gasteiger partial charge in [-0.2, -0.15) is 0 Å². The van der Waals surface area contributed by atoms with Gasteiger partial charge >= 0.3 is 5.97 Å². The lowest BCUT2D eigenvalue weighted by Gasteiger charge is -2.32. The van der Waals surface area contributed by atoms with Gasteiger partial charge in [0.2, 0.25) is 0 Å². The summed E-state index contributed by atoms with van der Waals surface area (Å²) in [7, 11) is -3.73. The maximum atomic E-state index is 13.4. The average Bonchev–Trinajstić information content (AvgIpc) is 2.96. The van der Waals surface area contributed by atoms with Gasteiger partial charge in [0, 0.05) is 17.8 Å². The summed E-state index contributed by atoms with van der Waals surface area (Å²) >= 11 is 0. The Morgan fingerprint density at radius 2 is 1.91 bits per heavy atom. The van der Waals surface area contributed by atoms with Crippen molar-refractivity contribution in [3.63, 3.8) is 0 Å². The molecule has 0 radical (unpaired) electrons. The molecule has 33 heavy (non-hydrogen) atoms. The molecule has 2 heterocycles. The van der Waals surface area contributed by atoms with Crippen LogP contribution in [0.2, 0.25) is 0 Å². The minimum atomic E-state index is -3.73. The maximum Gasteiger partial charge on any atom is 0.337 e. The summed E-state index contributed by atoms with van der Waals surface area (Å²) in [6.07, 6.45) is 1.66. The molecule has 0 amide bonds.